The predicted molar refractivity (Wildman–Crippen MR) is 118 cm³/mol. The van der Waals surface area contributed by atoms with Crippen LogP contribution >= 0.6 is 11.8 Å². The first kappa shape index (κ1) is 23.1. The zero-order valence-corrected chi connectivity index (χ0v) is 18.8. The van der Waals surface area contributed by atoms with E-state index >= 15 is 0 Å². The molecular formula is C21H28N2O4S2. The highest BCUT2D eigenvalue weighted by Gasteiger charge is 2.27. The highest BCUT2D eigenvalue weighted by molar-refractivity contribution is 7.98. The number of carbonyl (C=O) groups excluding carboxylic acids is 1. The number of ether oxygens (including phenoxy) is 1. The molecule has 0 fully saturated rings. The Balaban J connectivity index is 2.40. The minimum absolute atomic E-state index is 0.0340. The molecule has 8 heteroatoms. The van der Waals surface area contributed by atoms with Gasteiger partial charge in [-0.2, -0.15) is 0 Å². The van der Waals surface area contributed by atoms with Gasteiger partial charge in [-0.3, -0.25) is 9.10 Å². The second kappa shape index (κ2) is 10.5. The smallest absolute Gasteiger partial charge is 0.264 e. The van der Waals surface area contributed by atoms with Crippen molar-refractivity contribution < 1.29 is 17.9 Å². The lowest BCUT2D eigenvalue weighted by Crippen LogP contribution is -2.43. The molecule has 0 aliphatic heterocycles. The Morgan fingerprint density at radius 1 is 1.10 bits per heavy atom. The number of anilines is 1. The summed E-state index contributed by atoms with van der Waals surface area (Å²) in [6.45, 7) is 5.93. The monoisotopic (exact) mass is 436 g/mol. The average Bonchev–Trinajstić information content (AvgIpc) is 2.72. The first-order valence-electron chi connectivity index (χ1n) is 9.50. The van der Waals surface area contributed by atoms with E-state index in [1.165, 1.54) is 11.8 Å². The Kier molecular flexibility index (Phi) is 8.40. The highest BCUT2D eigenvalue weighted by Crippen LogP contribution is 2.27. The zero-order chi connectivity index (χ0) is 21.4. The minimum atomic E-state index is -3.92. The quantitative estimate of drug-likeness (QED) is 0.572. The fraction of sp³-hybridized carbons (Fsp3) is 0.381. The van der Waals surface area contributed by atoms with Crippen molar-refractivity contribution in [1.29, 1.82) is 0 Å². The molecule has 1 amide bonds. The molecule has 0 spiro atoms. The van der Waals surface area contributed by atoms with Crippen LogP contribution in [0.3, 0.4) is 0 Å². The van der Waals surface area contributed by atoms with Gasteiger partial charge in [-0.15, -0.1) is 11.8 Å². The third-order valence-electron chi connectivity index (χ3n) is 4.39. The number of carbonyl (C=O) groups is 1. The van der Waals surface area contributed by atoms with Crippen LogP contribution in [0.4, 0.5) is 5.69 Å². The van der Waals surface area contributed by atoms with Crippen LogP contribution in [0, 0.1) is 0 Å². The summed E-state index contributed by atoms with van der Waals surface area (Å²) in [4.78, 5) is 13.6. The lowest BCUT2D eigenvalue weighted by atomic mass is 10.2. The lowest BCUT2D eigenvalue weighted by Gasteiger charge is -2.25. The van der Waals surface area contributed by atoms with Crippen molar-refractivity contribution in [1.82, 2.24) is 5.32 Å². The molecule has 0 aliphatic carbocycles. The number of amides is 1. The summed E-state index contributed by atoms with van der Waals surface area (Å²) in [5, 5.41) is 2.83. The molecule has 6 nitrogen and oxygen atoms in total. The van der Waals surface area contributed by atoms with E-state index in [-0.39, 0.29) is 23.4 Å². The highest BCUT2D eigenvalue weighted by atomic mass is 32.2. The number of nitrogens with zero attached hydrogens (tertiary/aromatic N) is 1. The molecular weight excluding hydrogens is 408 g/mol. The summed E-state index contributed by atoms with van der Waals surface area (Å²) in [6, 6.07) is 13.3. The van der Waals surface area contributed by atoms with Crippen LogP contribution in [0.25, 0.3) is 0 Å². The van der Waals surface area contributed by atoms with Crippen molar-refractivity contribution in [2.45, 2.75) is 43.0 Å². The van der Waals surface area contributed by atoms with E-state index in [1.807, 2.05) is 27.0 Å². The van der Waals surface area contributed by atoms with Gasteiger partial charge in [0, 0.05) is 10.9 Å². The molecule has 0 aromatic heterocycles. The summed E-state index contributed by atoms with van der Waals surface area (Å²) in [5.74, 6) is 0.291. The van der Waals surface area contributed by atoms with Gasteiger partial charge >= 0.3 is 0 Å². The number of nitrogens with one attached hydrogen (secondary N) is 1. The van der Waals surface area contributed by atoms with Gasteiger partial charge in [0.1, 0.15) is 12.3 Å². The van der Waals surface area contributed by atoms with Crippen molar-refractivity contribution in [2.75, 3.05) is 23.7 Å². The van der Waals surface area contributed by atoms with E-state index in [1.54, 1.807) is 48.5 Å². The van der Waals surface area contributed by atoms with Crippen LogP contribution in [0.5, 0.6) is 5.75 Å². The maximum atomic E-state index is 13.3. The predicted octanol–water partition coefficient (Wildman–Crippen LogP) is 3.92. The molecule has 0 saturated carbocycles. The topological polar surface area (TPSA) is 75.7 Å². The first-order chi connectivity index (χ1) is 13.8. The van der Waals surface area contributed by atoms with Crippen LogP contribution in [-0.4, -0.2) is 39.8 Å². The molecule has 2 aromatic carbocycles. The Hall–Kier alpha value is -2.19. The standard InChI is InChI=1S/C21H28N2O4S2/c1-5-16(3)22-21(24)15-23(17-7-9-18(10-8-17)27-6-2)29(25,26)20-13-11-19(28-4)12-14-20/h7-14,16H,5-6,15H2,1-4H3,(H,22,24)/t16-/m1/s1. The summed E-state index contributed by atoms with van der Waals surface area (Å²) in [7, 11) is -3.92. The fourth-order valence-corrected chi connectivity index (χ4v) is 4.45. The van der Waals surface area contributed by atoms with Gasteiger partial charge in [-0.05, 0) is 75.1 Å². The van der Waals surface area contributed by atoms with Crippen molar-refractivity contribution in [3.05, 3.63) is 48.5 Å². The van der Waals surface area contributed by atoms with Gasteiger partial charge < -0.3 is 10.1 Å². The molecule has 2 rings (SSSR count). The van der Waals surface area contributed by atoms with Crippen LogP contribution in [0.2, 0.25) is 0 Å². The number of rotatable bonds is 10. The van der Waals surface area contributed by atoms with E-state index in [0.717, 1.165) is 15.6 Å². The number of sulfonamides is 1. The summed E-state index contributed by atoms with van der Waals surface area (Å²) < 4.78 is 33.3. The Morgan fingerprint density at radius 2 is 1.72 bits per heavy atom. The SMILES string of the molecule is CCOc1ccc(N(CC(=O)N[C@H](C)CC)S(=O)(=O)c2ccc(SC)cc2)cc1. The van der Waals surface area contributed by atoms with E-state index in [4.69, 9.17) is 4.74 Å². The molecule has 1 atom stereocenters. The van der Waals surface area contributed by atoms with Gasteiger partial charge in [-0.1, -0.05) is 6.92 Å². The molecule has 0 saturated heterocycles. The third kappa shape index (κ3) is 6.14. The van der Waals surface area contributed by atoms with E-state index in [0.29, 0.717) is 18.0 Å². The number of hydrogen-bond acceptors (Lipinski definition) is 5. The summed E-state index contributed by atoms with van der Waals surface area (Å²) in [5.41, 5.74) is 0.404. The fourth-order valence-electron chi connectivity index (χ4n) is 2.62. The minimum Gasteiger partial charge on any atom is -0.494 e. The Bertz CT molecular complexity index is 897. The number of thioether (sulfide) groups is 1. The maximum absolute atomic E-state index is 13.3. The summed E-state index contributed by atoms with van der Waals surface area (Å²) >= 11 is 1.53. The van der Waals surface area contributed by atoms with Gasteiger partial charge in [0.2, 0.25) is 5.91 Å². The van der Waals surface area contributed by atoms with Crippen LogP contribution in [0.1, 0.15) is 27.2 Å². The molecule has 0 aliphatic rings. The largest absolute Gasteiger partial charge is 0.494 e. The Labute approximate surface area is 177 Å². The molecule has 1 N–H and O–H groups in total. The van der Waals surface area contributed by atoms with Crippen LogP contribution in [0.15, 0.2) is 58.3 Å². The van der Waals surface area contributed by atoms with Crippen LogP contribution < -0.4 is 14.4 Å². The zero-order valence-electron chi connectivity index (χ0n) is 17.2. The van der Waals surface area contributed by atoms with Gasteiger partial charge in [0.05, 0.1) is 17.2 Å². The van der Waals surface area contributed by atoms with Crippen molar-refractivity contribution in [2.24, 2.45) is 0 Å². The molecule has 0 bridgehead atoms. The lowest BCUT2D eigenvalue weighted by molar-refractivity contribution is -0.120. The molecule has 0 heterocycles. The molecule has 2 aromatic rings. The maximum Gasteiger partial charge on any atom is 0.264 e. The molecule has 158 valence electrons. The average molecular weight is 437 g/mol. The first-order valence-corrected chi connectivity index (χ1v) is 12.2. The normalized spacial score (nSPS) is 12.3. The molecule has 29 heavy (non-hydrogen) atoms. The third-order valence-corrected chi connectivity index (χ3v) is 6.92. The van der Waals surface area contributed by atoms with Gasteiger partial charge in [-0.25, -0.2) is 8.42 Å². The van der Waals surface area contributed by atoms with Crippen molar-refractivity contribution in [3.63, 3.8) is 0 Å². The molecule has 0 unspecified atom stereocenters. The number of hydrogen-bond donors (Lipinski definition) is 1. The number of benzene rings is 2. The summed E-state index contributed by atoms with van der Waals surface area (Å²) in [6.07, 6.45) is 2.69. The van der Waals surface area contributed by atoms with Crippen molar-refractivity contribution in [3.8, 4) is 5.75 Å². The van der Waals surface area contributed by atoms with Gasteiger partial charge in [0.25, 0.3) is 10.0 Å². The second-order valence-corrected chi connectivity index (χ2v) is 9.23. The Morgan fingerprint density at radius 3 is 2.24 bits per heavy atom. The van der Waals surface area contributed by atoms with E-state index < -0.39 is 10.0 Å². The van der Waals surface area contributed by atoms with E-state index in [9.17, 15) is 13.2 Å². The second-order valence-electron chi connectivity index (χ2n) is 6.49. The molecule has 0 radical (unpaired) electrons. The van der Waals surface area contributed by atoms with Crippen LogP contribution in [-0.2, 0) is 14.8 Å². The van der Waals surface area contributed by atoms with Gasteiger partial charge in [0.15, 0.2) is 0 Å². The van der Waals surface area contributed by atoms with Crippen molar-refractivity contribution >= 4 is 33.4 Å². The van der Waals surface area contributed by atoms with E-state index in [2.05, 4.69) is 5.32 Å².